The molecule has 0 bridgehead atoms. The van der Waals surface area contributed by atoms with Crippen molar-refractivity contribution in [2.45, 2.75) is 17.7 Å². The molecular weight excluding hydrogens is 440 g/mol. The highest BCUT2D eigenvalue weighted by molar-refractivity contribution is 7.92. The second-order valence-corrected chi connectivity index (χ2v) is 9.64. The van der Waals surface area contributed by atoms with Crippen LogP contribution < -0.4 is 15.2 Å². The standard InChI is InChI=1S/C25H20N2O5S/c28-24(21-16-18-7-4-5-11-23(18)32-25(21)29)26-19-12-13-22-17(15-19)8-6-14-27(22)33(30,31)20-9-2-1-3-10-20/h1-5,7,9-13,15-16H,6,8,14H2,(H,26,28). The Kier molecular flexibility index (Phi) is 5.22. The maximum atomic E-state index is 13.2. The van der Waals surface area contributed by atoms with Gasteiger partial charge >= 0.3 is 5.63 Å². The van der Waals surface area contributed by atoms with E-state index < -0.39 is 21.6 Å². The number of para-hydroxylation sites is 1. The SMILES string of the molecule is O=C(Nc1ccc2c(c1)CCCN2S(=O)(=O)c1ccccc1)c1cc2ccccc2oc1=O. The third-order valence-electron chi connectivity index (χ3n) is 5.63. The minimum Gasteiger partial charge on any atom is -0.422 e. The number of sulfonamides is 1. The second kappa shape index (κ2) is 8.22. The molecule has 0 spiro atoms. The largest absolute Gasteiger partial charge is 0.422 e. The number of carbonyl (C=O) groups is 1. The van der Waals surface area contributed by atoms with E-state index in [9.17, 15) is 18.0 Å². The first kappa shape index (κ1) is 21.0. The number of fused-ring (bicyclic) bond motifs is 2. The summed E-state index contributed by atoms with van der Waals surface area (Å²) in [5, 5.41) is 3.38. The van der Waals surface area contributed by atoms with E-state index in [4.69, 9.17) is 4.42 Å². The van der Waals surface area contributed by atoms with Crippen LogP contribution in [0, 0.1) is 0 Å². The van der Waals surface area contributed by atoms with Crippen LogP contribution in [-0.4, -0.2) is 20.9 Å². The second-order valence-electron chi connectivity index (χ2n) is 7.78. The molecule has 166 valence electrons. The Morgan fingerprint density at radius 2 is 1.70 bits per heavy atom. The number of nitrogens with one attached hydrogen (secondary N) is 1. The zero-order valence-corrected chi connectivity index (χ0v) is 18.3. The molecule has 1 aliphatic rings. The van der Waals surface area contributed by atoms with E-state index >= 15 is 0 Å². The molecule has 0 unspecified atom stereocenters. The van der Waals surface area contributed by atoms with E-state index in [1.165, 1.54) is 10.4 Å². The van der Waals surface area contributed by atoms with Crippen LogP contribution in [0.25, 0.3) is 11.0 Å². The maximum absolute atomic E-state index is 13.2. The Morgan fingerprint density at radius 1 is 0.939 bits per heavy atom. The van der Waals surface area contributed by atoms with Crippen LogP contribution in [0.5, 0.6) is 0 Å². The number of rotatable bonds is 4. The fraction of sp³-hybridized carbons (Fsp3) is 0.120. The Labute approximate surface area is 190 Å². The average molecular weight is 461 g/mol. The normalized spacial score (nSPS) is 13.5. The van der Waals surface area contributed by atoms with Crippen molar-refractivity contribution in [3.05, 3.63) is 100 Å². The number of anilines is 2. The lowest BCUT2D eigenvalue weighted by Gasteiger charge is -2.30. The molecule has 4 aromatic rings. The molecule has 2 heterocycles. The van der Waals surface area contributed by atoms with E-state index in [0.717, 1.165) is 5.56 Å². The van der Waals surface area contributed by atoms with Crippen molar-refractivity contribution in [1.82, 2.24) is 0 Å². The van der Waals surface area contributed by atoms with Crippen LogP contribution in [-0.2, 0) is 16.4 Å². The van der Waals surface area contributed by atoms with E-state index in [0.29, 0.717) is 41.7 Å². The molecule has 3 aromatic carbocycles. The first-order valence-electron chi connectivity index (χ1n) is 10.5. The molecule has 0 radical (unpaired) electrons. The lowest BCUT2D eigenvalue weighted by molar-refractivity contribution is 0.102. The summed E-state index contributed by atoms with van der Waals surface area (Å²) >= 11 is 0. The van der Waals surface area contributed by atoms with Crippen molar-refractivity contribution in [1.29, 1.82) is 0 Å². The summed E-state index contributed by atoms with van der Waals surface area (Å²) in [7, 11) is -3.69. The summed E-state index contributed by atoms with van der Waals surface area (Å²) in [5.41, 5.74) is 1.47. The number of amides is 1. The number of hydrogen-bond acceptors (Lipinski definition) is 5. The average Bonchev–Trinajstić information content (AvgIpc) is 2.83. The summed E-state index contributed by atoms with van der Waals surface area (Å²) in [6, 6.07) is 21.9. The quantitative estimate of drug-likeness (QED) is 0.461. The van der Waals surface area contributed by atoms with Gasteiger partial charge in [-0.25, -0.2) is 13.2 Å². The molecule has 7 nitrogen and oxygen atoms in total. The number of aryl methyl sites for hydroxylation is 1. The number of benzene rings is 3. The summed E-state index contributed by atoms with van der Waals surface area (Å²) in [5.74, 6) is -0.584. The number of carbonyl (C=O) groups excluding carboxylic acids is 1. The molecule has 1 amide bonds. The predicted molar refractivity (Wildman–Crippen MR) is 126 cm³/mol. The molecule has 0 fully saturated rings. The van der Waals surface area contributed by atoms with Crippen LogP contribution in [0.15, 0.2) is 93.0 Å². The summed E-state index contributed by atoms with van der Waals surface area (Å²) in [6.07, 6.45) is 1.34. The van der Waals surface area contributed by atoms with E-state index in [2.05, 4.69) is 5.32 Å². The molecule has 0 saturated heterocycles. The highest BCUT2D eigenvalue weighted by Crippen LogP contribution is 2.33. The van der Waals surface area contributed by atoms with Gasteiger partial charge in [-0.05, 0) is 60.9 Å². The van der Waals surface area contributed by atoms with E-state index in [1.807, 2.05) is 0 Å². The van der Waals surface area contributed by atoms with E-state index in [-0.39, 0.29) is 10.5 Å². The van der Waals surface area contributed by atoms with Crippen molar-refractivity contribution in [3.8, 4) is 0 Å². The molecule has 1 aromatic heterocycles. The molecule has 0 atom stereocenters. The van der Waals surface area contributed by atoms with Gasteiger partial charge in [-0.15, -0.1) is 0 Å². The van der Waals surface area contributed by atoms with E-state index in [1.54, 1.807) is 72.8 Å². The zero-order chi connectivity index (χ0) is 23.0. The van der Waals surface area contributed by atoms with Gasteiger partial charge in [0.15, 0.2) is 0 Å². The van der Waals surface area contributed by atoms with Crippen LogP contribution in [0.2, 0.25) is 0 Å². The first-order valence-corrected chi connectivity index (χ1v) is 11.9. The minimum absolute atomic E-state index is 0.0975. The van der Waals surface area contributed by atoms with Crippen LogP contribution in [0.4, 0.5) is 11.4 Å². The molecule has 0 saturated carbocycles. The van der Waals surface area contributed by atoms with Crippen molar-refractivity contribution in [3.63, 3.8) is 0 Å². The molecule has 8 heteroatoms. The Balaban J connectivity index is 1.44. The van der Waals surface area contributed by atoms with Gasteiger partial charge in [-0.2, -0.15) is 0 Å². The van der Waals surface area contributed by atoms with Gasteiger partial charge in [0.2, 0.25) is 0 Å². The fourth-order valence-corrected chi connectivity index (χ4v) is 5.59. The third kappa shape index (κ3) is 3.89. The molecule has 33 heavy (non-hydrogen) atoms. The van der Waals surface area contributed by atoms with Crippen LogP contribution in [0.1, 0.15) is 22.3 Å². The summed E-state index contributed by atoms with van der Waals surface area (Å²) in [4.78, 5) is 25.3. The predicted octanol–water partition coefficient (Wildman–Crippen LogP) is 4.19. The van der Waals surface area contributed by atoms with Crippen molar-refractivity contribution >= 4 is 38.3 Å². The number of hydrogen-bond donors (Lipinski definition) is 1. The molecular formula is C25H20N2O5S. The van der Waals surface area contributed by atoms with Gasteiger partial charge in [0.1, 0.15) is 11.1 Å². The first-order chi connectivity index (χ1) is 15.9. The highest BCUT2D eigenvalue weighted by Gasteiger charge is 2.29. The molecule has 5 rings (SSSR count). The monoisotopic (exact) mass is 460 g/mol. The van der Waals surface area contributed by atoms with Gasteiger partial charge in [0.25, 0.3) is 15.9 Å². The third-order valence-corrected chi connectivity index (χ3v) is 7.46. The fourth-order valence-electron chi connectivity index (χ4n) is 4.03. The zero-order valence-electron chi connectivity index (χ0n) is 17.5. The lowest BCUT2D eigenvalue weighted by atomic mass is 10.0. The van der Waals surface area contributed by atoms with Crippen molar-refractivity contribution < 1.29 is 17.6 Å². The maximum Gasteiger partial charge on any atom is 0.349 e. The molecule has 0 aliphatic carbocycles. The Hall–Kier alpha value is -3.91. The Morgan fingerprint density at radius 3 is 2.52 bits per heavy atom. The lowest BCUT2D eigenvalue weighted by Crippen LogP contribution is -2.35. The Bertz CT molecular complexity index is 1530. The minimum atomic E-state index is -3.69. The molecule has 1 N–H and O–H groups in total. The number of nitrogens with zero attached hydrogens (tertiary/aromatic N) is 1. The summed E-state index contributed by atoms with van der Waals surface area (Å²) < 4.78 is 33.0. The van der Waals surface area contributed by atoms with Gasteiger partial charge in [-0.1, -0.05) is 36.4 Å². The van der Waals surface area contributed by atoms with Crippen molar-refractivity contribution in [2.24, 2.45) is 0 Å². The van der Waals surface area contributed by atoms with Gasteiger partial charge in [0, 0.05) is 17.6 Å². The highest BCUT2D eigenvalue weighted by atomic mass is 32.2. The summed E-state index contributed by atoms with van der Waals surface area (Å²) in [6.45, 7) is 0.383. The van der Waals surface area contributed by atoms with Crippen molar-refractivity contribution in [2.75, 3.05) is 16.2 Å². The molecule has 1 aliphatic heterocycles. The van der Waals surface area contributed by atoms with Gasteiger partial charge < -0.3 is 9.73 Å². The van der Waals surface area contributed by atoms with Crippen LogP contribution in [0.3, 0.4) is 0 Å². The van der Waals surface area contributed by atoms with Gasteiger partial charge in [-0.3, -0.25) is 9.10 Å². The van der Waals surface area contributed by atoms with Gasteiger partial charge in [0.05, 0.1) is 10.6 Å². The topological polar surface area (TPSA) is 96.7 Å². The smallest absolute Gasteiger partial charge is 0.349 e. The van der Waals surface area contributed by atoms with Crippen LogP contribution >= 0.6 is 0 Å².